The first-order chi connectivity index (χ1) is 17.0. The van der Waals surface area contributed by atoms with Gasteiger partial charge in [-0.15, -0.1) is 56.9 Å². The number of fused-ring (bicyclic) bond motifs is 2. The van der Waals surface area contributed by atoms with Gasteiger partial charge in [-0.25, -0.2) is 0 Å². The molecule has 0 atom stereocenters. The molecule has 213 valence electrons. The van der Waals surface area contributed by atoms with Crippen molar-refractivity contribution in [2.45, 2.75) is 113 Å². The molecule has 0 amide bonds. The van der Waals surface area contributed by atoms with Crippen molar-refractivity contribution in [2.24, 2.45) is 0 Å². The summed E-state index contributed by atoms with van der Waals surface area (Å²) < 4.78 is 0. The Bertz CT molecular complexity index is 1120. The Morgan fingerprint density at radius 1 is 0.513 bits per heavy atom. The van der Waals surface area contributed by atoms with Crippen LogP contribution in [0.2, 0.25) is 6.55 Å². The van der Waals surface area contributed by atoms with Gasteiger partial charge in [0.25, 0.3) is 0 Å². The van der Waals surface area contributed by atoms with Crippen LogP contribution in [0, 0.1) is 13.8 Å². The molecule has 0 spiro atoms. The molecule has 0 aromatic heterocycles. The van der Waals surface area contributed by atoms with Gasteiger partial charge in [0.1, 0.15) is 0 Å². The zero-order valence-corrected chi connectivity index (χ0v) is 31.7. The second-order valence-electron chi connectivity index (χ2n) is 10.9. The van der Waals surface area contributed by atoms with Crippen LogP contribution in [0.15, 0.2) is 48.5 Å². The van der Waals surface area contributed by atoms with E-state index >= 15 is 0 Å². The Morgan fingerprint density at radius 2 is 0.795 bits per heavy atom. The number of benzene rings is 2. The van der Waals surface area contributed by atoms with Crippen LogP contribution in [0.1, 0.15) is 126 Å². The Balaban J connectivity index is -0.000000552. The van der Waals surface area contributed by atoms with Gasteiger partial charge in [0, 0.05) is 10.2 Å². The van der Waals surface area contributed by atoms with Gasteiger partial charge in [-0.05, 0) is 23.7 Å². The quantitative estimate of drug-likeness (QED) is 0.201. The third kappa shape index (κ3) is 11.6. The van der Waals surface area contributed by atoms with Crippen LogP contribution in [0.4, 0.5) is 0 Å². The zero-order valence-electron chi connectivity index (χ0n) is 26.7. The molecule has 4 aromatic rings. The van der Waals surface area contributed by atoms with Crippen molar-refractivity contribution in [1.82, 2.24) is 0 Å². The standard InChI is InChI=1S/2C16H21.C2H6.CH3Si.2ClH.Zr/c2*1-10(2)13-8-14-6-12(5)7-16(14)15(9-13)11(3)4;2*1-2;;;/h2*6-11H,1-5H3;1-2H3;1H3;2*1H;/q2*-1;;;;;+4/p-2. The van der Waals surface area contributed by atoms with E-state index in [1.807, 2.05) is 13.8 Å². The summed E-state index contributed by atoms with van der Waals surface area (Å²) in [5.41, 5.74) is 8.66. The Labute approximate surface area is 276 Å². The van der Waals surface area contributed by atoms with E-state index in [1.54, 1.807) is 6.55 Å². The van der Waals surface area contributed by atoms with E-state index in [1.165, 1.54) is 54.9 Å². The van der Waals surface area contributed by atoms with E-state index in [0.717, 1.165) is 0 Å². The normalized spacial score (nSPS) is 10.1. The molecule has 0 bridgehead atoms. The maximum absolute atomic E-state index is 2.97. The van der Waals surface area contributed by atoms with E-state index in [9.17, 15) is 0 Å². The molecular weight excluding hydrogens is 611 g/mol. The molecule has 4 heteroatoms. The number of rotatable bonds is 4. The van der Waals surface area contributed by atoms with Gasteiger partial charge in [-0.1, -0.05) is 124 Å². The first kappa shape index (κ1) is 42.8. The molecule has 39 heavy (non-hydrogen) atoms. The fourth-order valence-electron chi connectivity index (χ4n) is 4.67. The minimum absolute atomic E-state index is 0. The summed E-state index contributed by atoms with van der Waals surface area (Å²) in [6.45, 7) is 28.3. The molecule has 4 aromatic carbocycles. The third-order valence-electron chi connectivity index (χ3n) is 6.62. The van der Waals surface area contributed by atoms with E-state index in [0.29, 0.717) is 23.7 Å². The monoisotopic (exact) mass is 659 g/mol. The molecule has 0 fully saturated rings. The molecule has 0 nitrogen and oxygen atoms in total. The van der Waals surface area contributed by atoms with E-state index in [4.69, 9.17) is 0 Å². The summed E-state index contributed by atoms with van der Waals surface area (Å²) in [6, 6.07) is 18.7. The largest absolute Gasteiger partial charge is 4.00 e. The van der Waals surface area contributed by atoms with Crippen LogP contribution >= 0.6 is 0 Å². The van der Waals surface area contributed by atoms with Crippen LogP contribution in [-0.4, -0.2) is 10.2 Å². The zero-order chi connectivity index (χ0) is 27.7. The van der Waals surface area contributed by atoms with Crippen LogP contribution in [0.5, 0.6) is 0 Å². The number of hydrogen-bond acceptors (Lipinski definition) is 0. The Hall–Kier alpha value is -0.660. The van der Waals surface area contributed by atoms with Gasteiger partial charge < -0.3 is 24.8 Å². The summed E-state index contributed by atoms with van der Waals surface area (Å²) in [5.74, 6) is 2.42. The summed E-state index contributed by atoms with van der Waals surface area (Å²) >= 11 is 0. The third-order valence-corrected chi connectivity index (χ3v) is 6.62. The van der Waals surface area contributed by atoms with Crippen molar-refractivity contribution in [1.29, 1.82) is 0 Å². The second kappa shape index (κ2) is 20.3. The Kier molecular flexibility index (Phi) is 22.2. The molecular formula is C35H51Cl2SiZr. The van der Waals surface area contributed by atoms with Gasteiger partial charge in [-0.3, -0.25) is 0 Å². The fourth-order valence-corrected chi connectivity index (χ4v) is 4.67. The van der Waals surface area contributed by atoms with Crippen LogP contribution < -0.4 is 24.8 Å². The van der Waals surface area contributed by atoms with Gasteiger partial charge in [0.05, 0.1) is 0 Å². The number of aryl methyl sites for hydroxylation is 2. The van der Waals surface area contributed by atoms with Crippen LogP contribution in [0.25, 0.3) is 21.5 Å². The number of halogens is 2. The molecule has 3 radical (unpaired) electrons. The van der Waals surface area contributed by atoms with Crippen molar-refractivity contribution in [3.63, 3.8) is 0 Å². The first-order valence-electron chi connectivity index (χ1n) is 13.9. The SMILES string of the molecule is CC.C[Si].Cc1cc2c(C(C)C)cc(C(C)C)cc2[cH-]1.Cc1cc2c(C(C)C)cc(C(C)C)cc2[cH-]1.[Cl-].[Cl-].[Zr+4]. The van der Waals surface area contributed by atoms with Crippen molar-refractivity contribution in [3.8, 4) is 0 Å². The van der Waals surface area contributed by atoms with E-state index in [2.05, 4.69) is 128 Å². The number of hydrogen-bond donors (Lipinski definition) is 0. The molecule has 0 unspecified atom stereocenters. The van der Waals surface area contributed by atoms with Crippen molar-refractivity contribution >= 4 is 31.8 Å². The first-order valence-corrected chi connectivity index (χ1v) is 14.9. The average molecular weight is 662 g/mol. The van der Waals surface area contributed by atoms with Crippen LogP contribution in [0.3, 0.4) is 0 Å². The summed E-state index contributed by atoms with van der Waals surface area (Å²) in [6.07, 6.45) is 0. The predicted octanol–water partition coefficient (Wildman–Crippen LogP) is 5.46. The summed E-state index contributed by atoms with van der Waals surface area (Å²) in [7, 11) is 2.97. The van der Waals surface area contributed by atoms with E-state index < -0.39 is 0 Å². The molecule has 0 aliphatic rings. The molecule has 0 heterocycles. The molecule has 0 N–H and O–H groups in total. The topological polar surface area (TPSA) is 0 Å². The molecule has 0 aliphatic carbocycles. The molecule has 0 saturated carbocycles. The van der Waals surface area contributed by atoms with Gasteiger partial charge in [-0.2, -0.15) is 12.1 Å². The Morgan fingerprint density at radius 3 is 1.03 bits per heavy atom. The van der Waals surface area contributed by atoms with E-state index in [-0.39, 0.29) is 51.0 Å². The van der Waals surface area contributed by atoms with Crippen molar-refractivity contribution in [3.05, 3.63) is 81.9 Å². The minimum atomic E-state index is 0. The van der Waals surface area contributed by atoms with Gasteiger partial charge in [0.2, 0.25) is 0 Å². The minimum Gasteiger partial charge on any atom is -1.00 e. The fraction of sp³-hybridized carbons (Fsp3) is 0.486. The van der Waals surface area contributed by atoms with Gasteiger partial charge >= 0.3 is 26.2 Å². The second-order valence-corrected chi connectivity index (χ2v) is 10.9. The summed E-state index contributed by atoms with van der Waals surface area (Å²) in [5, 5.41) is 5.70. The molecule has 4 rings (SSSR count). The maximum atomic E-state index is 2.97. The maximum Gasteiger partial charge on any atom is 4.00 e. The molecule has 0 aliphatic heterocycles. The predicted molar refractivity (Wildman–Crippen MR) is 168 cm³/mol. The van der Waals surface area contributed by atoms with Crippen molar-refractivity contribution < 1.29 is 51.0 Å². The summed E-state index contributed by atoms with van der Waals surface area (Å²) in [4.78, 5) is 0. The molecule has 0 saturated heterocycles. The van der Waals surface area contributed by atoms with Crippen LogP contribution in [-0.2, 0) is 26.2 Å². The van der Waals surface area contributed by atoms with Crippen molar-refractivity contribution in [2.75, 3.05) is 0 Å². The van der Waals surface area contributed by atoms with Gasteiger partial charge in [0.15, 0.2) is 0 Å². The average Bonchev–Trinajstić information content (AvgIpc) is 3.40. The smallest absolute Gasteiger partial charge is 1.00 e.